The van der Waals surface area contributed by atoms with E-state index in [2.05, 4.69) is 5.32 Å². The molecule has 0 aliphatic carbocycles. The van der Waals surface area contributed by atoms with Crippen LogP contribution in [0.1, 0.15) is 18.5 Å². The smallest absolute Gasteiger partial charge is 0.318 e. The third kappa shape index (κ3) is 4.10. The van der Waals surface area contributed by atoms with Gasteiger partial charge >= 0.3 is 6.03 Å². The maximum atomic E-state index is 11.1. The fourth-order valence-corrected chi connectivity index (χ4v) is 1.29. The van der Waals surface area contributed by atoms with E-state index in [1.807, 2.05) is 42.6 Å². The lowest BCUT2D eigenvalue weighted by atomic mass is 10.1. The largest absolute Gasteiger partial charge is 0.351 e. The number of primary amides is 1. The van der Waals surface area contributed by atoms with Crippen LogP contribution < -0.4 is 16.4 Å². The van der Waals surface area contributed by atoms with E-state index < -0.39 is 11.9 Å². The zero-order valence-electron chi connectivity index (χ0n) is 9.07. The van der Waals surface area contributed by atoms with Gasteiger partial charge in [-0.3, -0.25) is 10.1 Å². The molecule has 86 valence electrons. The molecule has 4 N–H and O–H groups in total. The van der Waals surface area contributed by atoms with Gasteiger partial charge in [-0.05, 0) is 12.5 Å². The number of hydrogen-bond acceptors (Lipinski definition) is 3. The first kappa shape index (κ1) is 12.2. The van der Waals surface area contributed by atoms with E-state index in [1.54, 1.807) is 0 Å². The molecule has 1 aromatic carbocycles. The predicted molar refractivity (Wildman–Crippen MR) is 60.6 cm³/mol. The zero-order valence-corrected chi connectivity index (χ0v) is 9.07. The van der Waals surface area contributed by atoms with Crippen molar-refractivity contribution in [3.63, 3.8) is 0 Å². The number of carbonyl (C=O) groups is 2. The van der Waals surface area contributed by atoms with Gasteiger partial charge in [0.15, 0.2) is 0 Å². The molecule has 3 amide bonds. The van der Waals surface area contributed by atoms with Crippen LogP contribution in [-0.2, 0) is 4.79 Å². The first-order valence-corrected chi connectivity index (χ1v) is 4.97. The van der Waals surface area contributed by atoms with Gasteiger partial charge < -0.3 is 11.1 Å². The SMILES string of the molecule is C[C@H](NCC(=O)NC(N)=O)c1ccccc1. The molecule has 1 atom stereocenters. The molecule has 0 aliphatic heterocycles. The van der Waals surface area contributed by atoms with Crippen LogP contribution >= 0.6 is 0 Å². The molecule has 16 heavy (non-hydrogen) atoms. The minimum atomic E-state index is -0.834. The molecule has 0 spiro atoms. The highest BCUT2D eigenvalue weighted by Gasteiger charge is 2.07. The summed E-state index contributed by atoms with van der Waals surface area (Å²) in [6.07, 6.45) is 0. The van der Waals surface area contributed by atoms with E-state index in [0.717, 1.165) is 5.56 Å². The maximum Gasteiger partial charge on any atom is 0.318 e. The number of amides is 3. The first-order valence-electron chi connectivity index (χ1n) is 4.97. The molecule has 1 aromatic rings. The Morgan fingerprint density at radius 1 is 1.31 bits per heavy atom. The maximum absolute atomic E-state index is 11.1. The van der Waals surface area contributed by atoms with Crippen LogP contribution in [-0.4, -0.2) is 18.5 Å². The second kappa shape index (κ2) is 5.87. The van der Waals surface area contributed by atoms with E-state index in [4.69, 9.17) is 5.73 Å². The average Bonchev–Trinajstić information content (AvgIpc) is 2.26. The normalized spacial score (nSPS) is 11.8. The van der Waals surface area contributed by atoms with Crippen LogP contribution in [0.2, 0.25) is 0 Å². The van der Waals surface area contributed by atoms with Crippen molar-refractivity contribution in [3.05, 3.63) is 35.9 Å². The van der Waals surface area contributed by atoms with Gasteiger partial charge in [0.25, 0.3) is 0 Å². The zero-order chi connectivity index (χ0) is 12.0. The predicted octanol–water partition coefficient (Wildman–Crippen LogP) is 0.532. The number of carbonyl (C=O) groups excluding carboxylic acids is 2. The number of imide groups is 1. The van der Waals surface area contributed by atoms with Crippen molar-refractivity contribution in [1.82, 2.24) is 10.6 Å². The Morgan fingerprint density at radius 2 is 1.94 bits per heavy atom. The fourth-order valence-electron chi connectivity index (χ4n) is 1.29. The van der Waals surface area contributed by atoms with E-state index >= 15 is 0 Å². The summed E-state index contributed by atoms with van der Waals surface area (Å²) < 4.78 is 0. The van der Waals surface area contributed by atoms with Crippen molar-refractivity contribution in [3.8, 4) is 0 Å². The van der Waals surface area contributed by atoms with Crippen LogP contribution in [0.4, 0.5) is 4.79 Å². The summed E-state index contributed by atoms with van der Waals surface area (Å²) in [5, 5.41) is 4.97. The summed E-state index contributed by atoms with van der Waals surface area (Å²) in [5.41, 5.74) is 5.89. The van der Waals surface area contributed by atoms with Gasteiger partial charge in [-0.25, -0.2) is 4.79 Å². The highest BCUT2D eigenvalue weighted by Crippen LogP contribution is 2.10. The van der Waals surface area contributed by atoms with Gasteiger partial charge in [-0.2, -0.15) is 0 Å². The summed E-state index contributed by atoms with van der Waals surface area (Å²) in [6, 6.07) is 8.91. The van der Waals surface area contributed by atoms with E-state index in [-0.39, 0.29) is 12.6 Å². The first-order chi connectivity index (χ1) is 7.59. The highest BCUT2D eigenvalue weighted by molar-refractivity contribution is 5.94. The van der Waals surface area contributed by atoms with E-state index in [9.17, 15) is 9.59 Å². The quantitative estimate of drug-likeness (QED) is 0.693. The van der Waals surface area contributed by atoms with Gasteiger partial charge in [0, 0.05) is 6.04 Å². The van der Waals surface area contributed by atoms with E-state index in [1.165, 1.54) is 0 Å². The monoisotopic (exact) mass is 221 g/mol. The van der Waals surface area contributed by atoms with Crippen molar-refractivity contribution in [1.29, 1.82) is 0 Å². The molecule has 5 heteroatoms. The Kier molecular flexibility index (Phi) is 4.47. The molecular formula is C11H15N3O2. The molecule has 0 bridgehead atoms. The summed E-state index contributed by atoms with van der Waals surface area (Å²) in [4.78, 5) is 21.5. The van der Waals surface area contributed by atoms with Gasteiger partial charge in [0.1, 0.15) is 0 Å². The molecule has 1 rings (SSSR count). The number of hydrogen-bond donors (Lipinski definition) is 3. The number of benzene rings is 1. The molecule has 0 aliphatic rings. The second-order valence-corrected chi connectivity index (χ2v) is 3.43. The molecule has 0 saturated heterocycles. The minimum Gasteiger partial charge on any atom is -0.351 e. The summed E-state index contributed by atoms with van der Waals surface area (Å²) >= 11 is 0. The van der Waals surface area contributed by atoms with Crippen molar-refractivity contribution < 1.29 is 9.59 Å². The fraction of sp³-hybridized carbons (Fsp3) is 0.273. The van der Waals surface area contributed by atoms with Crippen LogP contribution in [0.3, 0.4) is 0 Å². The number of nitrogens with two attached hydrogens (primary N) is 1. The molecule has 0 fully saturated rings. The lowest BCUT2D eigenvalue weighted by Crippen LogP contribution is -2.41. The van der Waals surface area contributed by atoms with Crippen LogP contribution in [0, 0.1) is 0 Å². The van der Waals surface area contributed by atoms with Crippen LogP contribution in [0.25, 0.3) is 0 Å². The summed E-state index contributed by atoms with van der Waals surface area (Å²) in [7, 11) is 0. The number of rotatable bonds is 4. The Balaban J connectivity index is 2.39. The third-order valence-electron chi connectivity index (χ3n) is 2.13. The lowest BCUT2D eigenvalue weighted by molar-refractivity contribution is -0.119. The second-order valence-electron chi connectivity index (χ2n) is 3.43. The van der Waals surface area contributed by atoms with Gasteiger partial charge in [-0.15, -0.1) is 0 Å². The number of nitrogens with one attached hydrogen (secondary N) is 2. The Labute approximate surface area is 94.0 Å². The molecule has 0 unspecified atom stereocenters. The minimum absolute atomic E-state index is 0.0415. The van der Waals surface area contributed by atoms with Crippen molar-refractivity contribution in [2.45, 2.75) is 13.0 Å². The van der Waals surface area contributed by atoms with Crippen molar-refractivity contribution >= 4 is 11.9 Å². The van der Waals surface area contributed by atoms with Gasteiger partial charge in [0.05, 0.1) is 6.54 Å². The lowest BCUT2D eigenvalue weighted by Gasteiger charge is -2.13. The van der Waals surface area contributed by atoms with Crippen LogP contribution in [0.5, 0.6) is 0 Å². The Hall–Kier alpha value is -1.88. The molecule has 0 radical (unpaired) electrons. The average molecular weight is 221 g/mol. The summed E-state index contributed by atoms with van der Waals surface area (Å²) in [6.45, 7) is 1.99. The standard InChI is InChI=1S/C11H15N3O2/c1-8(9-5-3-2-4-6-9)13-7-10(15)14-11(12)16/h2-6,8,13H,7H2,1H3,(H3,12,14,15,16)/t8-/m0/s1. The molecular weight excluding hydrogens is 206 g/mol. The molecule has 0 heterocycles. The number of urea groups is 1. The van der Waals surface area contributed by atoms with Crippen LogP contribution in [0.15, 0.2) is 30.3 Å². The Morgan fingerprint density at radius 3 is 2.50 bits per heavy atom. The van der Waals surface area contributed by atoms with E-state index in [0.29, 0.717) is 0 Å². The van der Waals surface area contributed by atoms with Crippen molar-refractivity contribution in [2.24, 2.45) is 5.73 Å². The molecule has 0 saturated carbocycles. The summed E-state index contributed by atoms with van der Waals surface area (Å²) in [5.74, 6) is -0.435. The van der Waals surface area contributed by atoms with Crippen molar-refractivity contribution in [2.75, 3.05) is 6.54 Å². The highest BCUT2D eigenvalue weighted by atomic mass is 16.2. The topological polar surface area (TPSA) is 84.2 Å². The third-order valence-corrected chi connectivity index (χ3v) is 2.13. The van der Waals surface area contributed by atoms with Gasteiger partial charge in [-0.1, -0.05) is 30.3 Å². The molecule has 5 nitrogen and oxygen atoms in total. The Bertz CT molecular complexity index is 365. The molecule has 0 aromatic heterocycles. The van der Waals surface area contributed by atoms with Gasteiger partial charge in [0.2, 0.25) is 5.91 Å².